The lowest BCUT2D eigenvalue weighted by atomic mass is 9.99. The van der Waals surface area contributed by atoms with Gasteiger partial charge in [0.05, 0.1) is 0 Å². The lowest BCUT2D eigenvalue weighted by Crippen LogP contribution is -2.44. The van der Waals surface area contributed by atoms with Crippen molar-refractivity contribution in [2.24, 2.45) is 23.2 Å². The fraction of sp³-hybridized carbons (Fsp3) is 1.00. The molecule has 0 aromatic rings. The molecule has 0 fully saturated rings. The molecule has 0 aliphatic carbocycles. The normalized spacial score (nSPS) is 13.9. The van der Waals surface area contributed by atoms with Crippen molar-refractivity contribution in [2.75, 3.05) is 6.61 Å². The number of rotatable bonds is 8. The summed E-state index contributed by atoms with van der Waals surface area (Å²) in [6, 6.07) is 3.96. The van der Waals surface area contributed by atoms with Gasteiger partial charge in [-0.05, 0) is 41.3 Å². The van der Waals surface area contributed by atoms with Gasteiger partial charge in [0.25, 0.3) is 0 Å². The van der Waals surface area contributed by atoms with E-state index in [9.17, 15) is 0 Å². The van der Waals surface area contributed by atoms with Gasteiger partial charge in [0.15, 0.2) is 8.32 Å². The summed E-state index contributed by atoms with van der Waals surface area (Å²) in [5.41, 5.74) is 0.281. The first-order valence-electron chi connectivity index (χ1n) is 8.10. The van der Waals surface area contributed by atoms with E-state index in [4.69, 9.17) is 4.43 Å². The van der Waals surface area contributed by atoms with Gasteiger partial charge in [-0.15, -0.1) is 0 Å². The molecule has 0 aromatic heterocycles. The molecule has 19 heavy (non-hydrogen) atoms. The minimum absolute atomic E-state index is 0.281. The van der Waals surface area contributed by atoms with Crippen molar-refractivity contribution in [1.29, 1.82) is 0 Å². The maximum absolute atomic E-state index is 6.67. The largest absolute Gasteiger partial charge is 0.416 e. The Morgan fingerprint density at radius 1 is 0.737 bits per heavy atom. The van der Waals surface area contributed by atoms with Gasteiger partial charge in [0, 0.05) is 6.61 Å². The number of hydrogen-bond acceptors (Lipinski definition) is 1. The van der Waals surface area contributed by atoms with E-state index in [0.717, 1.165) is 24.4 Å². The summed E-state index contributed by atoms with van der Waals surface area (Å²) in [5, 5.41) is 0. The molecule has 0 aliphatic rings. The van der Waals surface area contributed by atoms with Crippen LogP contribution >= 0.6 is 0 Å². The van der Waals surface area contributed by atoms with Crippen LogP contribution in [0, 0.1) is 23.2 Å². The predicted molar refractivity (Wildman–Crippen MR) is 90.1 cm³/mol. The highest BCUT2D eigenvalue weighted by Gasteiger charge is 2.38. The smallest absolute Gasteiger partial charge is 0.193 e. The Morgan fingerprint density at radius 2 is 1.05 bits per heavy atom. The summed E-state index contributed by atoms with van der Waals surface area (Å²) in [6.07, 6.45) is 0. The lowest BCUT2D eigenvalue weighted by Gasteiger charge is -2.38. The maximum atomic E-state index is 6.67. The van der Waals surface area contributed by atoms with Crippen molar-refractivity contribution in [3.8, 4) is 0 Å². The van der Waals surface area contributed by atoms with Gasteiger partial charge < -0.3 is 4.43 Å². The van der Waals surface area contributed by atoms with Crippen molar-refractivity contribution in [3.05, 3.63) is 0 Å². The van der Waals surface area contributed by atoms with Crippen LogP contribution in [0.2, 0.25) is 18.1 Å². The third kappa shape index (κ3) is 9.67. The van der Waals surface area contributed by atoms with E-state index in [0.29, 0.717) is 0 Å². The Bertz CT molecular complexity index is 212. The van der Waals surface area contributed by atoms with E-state index >= 15 is 0 Å². The Kier molecular flexibility index (Phi) is 7.90. The second kappa shape index (κ2) is 7.83. The van der Waals surface area contributed by atoms with Gasteiger partial charge in [0.1, 0.15) is 0 Å². The summed E-state index contributed by atoms with van der Waals surface area (Å²) in [6.45, 7) is 21.9. The molecule has 0 amide bonds. The molecule has 0 N–H and O–H groups in total. The first-order chi connectivity index (χ1) is 8.46. The van der Waals surface area contributed by atoms with E-state index in [1.807, 2.05) is 0 Å². The van der Waals surface area contributed by atoms with Gasteiger partial charge in [-0.2, -0.15) is 0 Å². The standard InChI is InChI=1S/C17H38OSi/c1-14(2)10-19(11-15(3)4,12-16(5)6)18-13-17(7,8)9/h14-16H,10-13H2,1-9H3. The van der Waals surface area contributed by atoms with E-state index < -0.39 is 8.32 Å². The molecule has 2 heteroatoms. The third-order valence-corrected chi connectivity index (χ3v) is 8.59. The minimum atomic E-state index is -1.59. The van der Waals surface area contributed by atoms with Crippen molar-refractivity contribution in [1.82, 2.24) is 0 Å². The average Bonchev–Trinajstić information content (AvgIpc) is 2.09. The molecule has 0 aromatic carbocycles. The Labute approximate surface area is 123 Å². The van der Waals surface area contributed by atoms with Crippen LogP contribution in [0.5, 0.6) is 0 Å². The van der Waals surface area contributed by atoms with E-state index in [-0.39, 0.29) is 5.41 Å². The highest BCUT2D eigenvalue weighted by molar-refractivity contribution is 6.74. The summed E-state index contributed by atoms with van der Waals surface area (Å²) in [7, 11) is -1.59. The quantitative estimate of drug-likeness (QED) is 0.500. The van der Waals surface area contributed by atoms with Gasteiger partial charge in [0.2, 0.25) is 0 Å². The van der Waals surface area contributed by atoms with Crippen LogP contribution in [0.4, 0.5) is 0 Å². The zero-order valence-corrected chi connectivity index (χ0v) is 16.0. The van der Waals surface area contributed by atoms with Gasteiger partial charge in [-0.1, -0.05) is 62.3 Å². The molecular formula is C17H38OSi. The molecule has 0 heterocycles. The maximum Gasteiger partial charge on any atom is 0.193 e. The molecule has 0 atom stereocenters. The summed E-state index contributed by atoms with van der Waals surface area (Å²) in [4.78, 5) is 0. The molecule has 0 spiro atoms. The Balaban J connectivity index is 4.98. The molecule has 0 saturated carbocycles. The first kappa shape index (κ1) is 19.2. The van der Waals surface area contributed by atoms with Gasteiger partial charge in [-0.25, -0.2) is 0 Å². The fourth-order valence-electron chi connectivity index (χ4n) is 3.03. The van der Waals surface area contributed by atoms with Crippen molar-refractivity contribution < 1.29 is 4.43 Å². The highest BCUT2D eigenvalue weighted by atomic mass is 28.4. The summed E-state index contributed by atoms with van der Waals surface area (Å²) < 4.78 is 6.67. The fourth-order valence-corrected chi connectivity index (χ4v) is 9.09. The average molecular weight is 287 g/mol. The molecule has 0 bridgehead atoms. The summed E-state index contributed by atoms with van der Waals surface area (Å²) in [5.74, 6) is 2.26. The molecule has 0 rings (SSSR count). The van der Waals surface area contributed by atoms with Crippen LogP contribution in [-0.4, -0.2) is 14.9 Å². The zero-order chi connectivity index (χ0) is 15.3. The van der Waals surface area contributed by atoms with Crippen molar-refractivity contribution >= 4 is 8.32 Å². The first-order valence-corrected chi connectivity index (χ1v) is 10.6. The van der Waals surface area contributed by atoms with Gasteiger partial charge >= 0.3 is 0 Å². The van der Waals surface area contributed by atoms with Crippen LogP contribution < -0.4 is 0 Å². The van der Waals surface area contributed by atoms with E-state index in [1.54, 1.807) is 0 Å². The Morgan fingerprint density at radius 3 is 1.26 bits per heavy atom. The van der Waals surface area contributed by atoms with Crippen molar-refractivity contribution in [3.63, 3.8) is 0 Å². The molecule has 0 aliphatic heterocycles. The second-order valence-corrected chi connectivity index (χ2v) is 12.7. The van der Waals surface area contributed by atoms with E-state index in [1.165, 1.54) is 18.1 Å². The van der Waals surface area contributed by atoms with Crippen LogP contribution in [0.1, 0.15) is 62.3 Å². The van der Waals surface area contributed by atoms with Crippen LogP contribution in [0.3, 0.4) is 0 Å². The zero-order valence-electron chi connectivity index (χ0n) is 15.0. The second-order valence-electron chi connectivity index (χ2n) is 8.83. The third-order valence-electron chi connectivity index (χ3n) is 3.15. The van der Waals surface area contributed by atoms with Crippen molar-refractivity contribution in [2.45, 2.75) is 80.4 Å². The molecule has 0 radical (unpaired) electrons. The van der Waals surface area contributed by atoms with Crippen LogP contribution in [-0.2, 0) is 4.43 Å². The Hall–Kier alpha value is 0.177. The lowest BCUT2D eigenvalue weighted by molar-refractivity contribution is 0.179. The number of hydrogen-bond donors (Lipinski definition) is 0. The molecular weight excluding hydrogens is 248 g/mol. The SMILES string of the molecule is CC(C)C[Si](CC(C)C)(CC(C)C)OCC(C)(C)C. The van der Waals surface area contributed by atoms with E-state index in [2.05, 4.69) is 62.3 Å². The molecule has 116 valence electrons. The van der Waals surface area contributed by atoms with Crippen LogP contribution in [0.15, 0.2) is 0 Å². The molecule has 1 nitrogen and oxygen atoms in total. The minimum Gasteiger partial charge on any atom is -0.416 e. The molecule has 0 saturated heterocycles. The topological polar surface area (TPSA) is 9.23 Å². The monoisotopic (exact) mass is 286 g/mol. The molecule has 0 unspecified atom stereocenters. The summed E-state index contributed by atoms with van der Waals surface area (Å²) >= 11 is 0. The van der Waals surface area contributed by atoms with Gasteiger partial charge in [-0.3, -0.25) is 0 Å². The van der Waals surface area contributed by atoms with Crippen LogP contribution in [0.25, 0.3) is 0 Å². The predicted octanol–water partition coefficient (Wildman–Crippen LogP) is 5.96. The highest BCUT2D eigenvalue weighted by Crippen LogP contribution is 2.34.